The maximum atomic E-state index is 13.0. The topological polar surface area (TPSA) is 102 Å². The molecule has 0 bridgehead atoms. The molecule has 31 heavy (non-hydrogen) atoms. The zero-order valence-electron chi connectivity index (χ0n) is 17.3. The minimum atomic E-state index is -0.828. The standard InChI is InChI=1S/C22H26N2O6S/c1-4-8-29-21(27)16-7-6-14(3)17(12-16)23-20(26)18-10-15(11-19(25)31)13-24(18)22(28)30-9-5-2/h4-7,12,15,18H,1-2,8-11,13H2,3H3,(H,23,26)(H,25,31)/t15-,18-/m0/s1. The van der Waals surface area contributed by atoms with E-state index in [-0.39, 0.29) is 42.8 Å². The van der Waals surface area contributed by atoms with Crippen molar-refractivity contribution in [1.29, 1.82) is 0 Å². The molecule has 166 valence electrons. The highest BCUT2D eigenvalue weighted by Crippen LogP contribution is 2.29. The fourth-order valence-corrected chi connectivity index (χ4v) is 3.56. The van der Waals surface area contributed by atoms with Gasteiger partial charge in [-0.05, 0) is 37.0 Å². The van der Waals surface area contributed by atoms with Crippen LogP contribution < -0.4 is 5.32 Å². The van der Waals surface area contributed by atoms with Crippen LogP contribution in [-0.4, -0.2) is 53.8 Å². The van der Waals surface area contributed by atoms with E-state index >= 15 is 0 Å². The lowest BCUT2D eigenvalue weighted by atomic mass is 10.0. The lowest BCUT2D eigenvalue weighted by Crippen LogP contribution is -2.43. The quantitative estimate of drug-likeness (QED) is 0.343. The molecule has 2 amide bonds. The Morgan fingerprint density at radius 3 is 2.52 bits per heavy atom. The van der Waals surface area contributed by atoms with Gasteiger partial charge in [0, 0.05) is 18.7 Å². The molecule has 9 heteroatoms. The summed E-state index contributed by atoms with van der Waals surface area (Å²) in [7, 11) is 0. The van der Waals surface area contributed by atoms with E-state index in [1.807, 2.05) is 0 Å². The summed E-state index contributed by atoms with van der Waals surface area (Å²) in [5.41, 5.74) is 1.43. The third-order valence-electron chi connectivity index (χ3n) is 4.78. The number of hydrogen-bond donors (Lipinski definition) is 2. The number of esters is 1. The van der Waals surface area contributed by atoms with Crippen LogP contribution in [0.1, 0.15) is 28.8 Å². The Morgan fingerprint density at radius 1 is 1.19 bits per heavy atom. The van der Waals surface area contributed by atoms with Crippen LogP contribution in [0.5, 0.6) is 0 Å². The van der Waals surface area contributed by atoms with Gasteiger partial charge in [-0.3, -0.25) is 14.5 Å². The molecule has 0 spiro atoms. The van der Waals surface area contributed by atoms with Crippen LogP contribution in [0.25, 0.3) is 0 Å². The van der Waals surface area contributed by atoms with Gasteiger partial charge in [-0.1, -0.05) is 31.4 Å². The van der Waals surface area contributed by atoms with Crippen LogP contribution in [0.2, 0.25) is 0 Å². The first-order valence-corrected chi connectivity index (χ1v) is 10.2. The lowest BCUT2D eigenvalue weighted by Gasteiger charge is -2.23. The van der Waals surface area contributed by atoms with E-state index in [1.54, 1.807) is 19.1 Å². The van der Waals surface area contributed by atoms with E-state index < -0.39 is 24.0 Å². The monoisotopic (exact) mass is 446 g/mol. The largest absolute Gasteiger partial charge is 0.458 e. The molecule has 1 N–H and O–H groups in total. The number of nitrogens with zero attached hydrogens (tertiary/aromatic N) is 1. The smallest absolute Gasteiger partial charge is 0.410 e. The van der Waals surface area contributed by atoms with Crippen LogP contribution in [0.3, 0.4) is 0 Å². The zero-order valence-corrected chi connectivity index (χ0v) is 18.2. The van der Waals surface area contributed by atoms with Crippen LogP contribution >= 0.6 is 12.6 Å². The van der Waals surface area contributed by atoms with E-state index in [1.165, 1.54) is 23.1 Å². The van der Waals surface area contributed by atoms with Gasteiger partial charge in [0.25, 0.3) is 0 Å². The van der Waals surface area contributed by atoms with Crippen LogP contribution in [0.15, 0.2) is 43.5 Å². The summed E-state index contributed by atoms with van der Waals surface area (Å²) < 4.78 is 10.1. The number of thiol groups is 1. The van der Waals surface area contributed by atoms with Crippen molar-refractivity contribution in [3.63, 3.8) is 0 Å². The van der Waals surface area contributed by atoms with Crippen molar-refractivity contribution >= 4 is 41.4 Å². The Kier molecular flexibility index (Phi) is 8.87. The predicted octanol–water partition coefficient (Wildman–Crippen LogP) is 3.14. The van der Waals surface area contributed by atoms with Gasteiger partial charge in [0.05, 0.1) is 5.56 Å². The summed E-state index contributed by atoms with van der Waals surface area (Å²) in [6.45, 7) is 9.06. The minimum Gasteiger partial charge on any atom is -0.458 e. The van der Waals surface area contributed by atoms with Crippen LogP contribution in [-0.2, 0) is 19.1 Å². The predicted molar refractivity (Wildman–Crippen MR) is 119 cm³/mol. The Bertz CT molecular complexity index is 885. The Balaban J connectivity index is 2.19. The van der Waals surface area contributed by atoms with Gasteiger partial charge in [-0.2, -0.15) is 0 Å². The van der Waals surface area contributed by atoms with E-state index in [0.29, 0.717) is 12.1 Å². The fourth-order valence-electron chi connectivity index (χ4n) is 3.30. The lowest BCUT2D eigenvalue weighted by molar-refractivity contribution is -0.120. The highest BCUT2D eigenvalue weighted by Gasteiger charge is 2.41. The van der Waals surface area contributed by atoms with Crippen molar-refractivity contribution in [2.75, 3.05) is 25.1 Å². The van der Waals surface area contributed by atoms with Gasteiger partial charge in [0.1, 0.15) is 19.3 Å². The minimum absolute atomic E-state index is 0.00775. The van der Waals surface area contributed by atoms with E-state index in [0.717, 1.165) is 5.56 Å². The fraction of sp³-hybridized carbons (Fsp3) is 0.364. The number of nitrogens with one attached hydrogen (secondary N) is 1. The van der Waals surface area contributed by atoms with Crippen molar-refractivity contribution in [3.8, 4) is 0 Å². The van der Waals surface area contributed by atoms with Crippen LogP contribution in [0, 0.1) is 12.8 Å². The Labute approximate surface area is 186 Å². The molecule has 0 unspecified atom stereocenters. The molecule has 1 saturated heterocycles. The maximum absolute atomic E-state index is 13.0. The summed E-state index contributed by atoms with van der Waals surface area (Å²) in [4.78, 5) is 50.2. The first kappa shape index (κ1) is 24.2. The van der Waals surface area contributed by atoms with Crippen molar-refractivity contribution in [2.45, 2.75) is 25.8 Å². The number of likely N-dealkylation sites (tertiary alicyclic amines) is 1. The number of rotatable bonds is 9. The van der Waals surface area contributed by atoms with Crippen molar-refractivity contribution in [2.24, 2.45) is 5.92 Å². The van der Waals surface area contributed by atoms with Gasteiger partial charge in [-0.15, -0.1) is 12.6 Å². The van der Waals surface area contributed by atoms with Crippen molar-refractivity contribution in [3.05, 3.63) is 54.6 Å². The molecule has 0 aromatic heterocycles. The molecule has 2 rings (SSSR count). The van der Waals surface area contributed by atoms with Gasteiger partial charge in [0.2, 0.25) is 5.91 Å². The van der Waals surface area contributed by atoms with Crippen molar-refractivity contribution < 1.29 is 28.7 Å². The Hall–Kier alpha value is -3.07. The molecule has 0 saturated carbocycles. The first-order chi connectivity index (χ1) is 14.8. The van der Waals surface area contributed by atoms with Crippen molar-refractivity contribution in [1.82, 2.24) is 4.90 Å². The molecule has 1 heterocycles. The number of hydrogen-bond acceptors (Lipinski definition) is 6. The number of carbonyl (C=O) groups excluding carboxylic acids is 4. The molecule has 1 fully saturated rings. The highest BCUT2D eigenvalue weighted by atomic mass is 32.1. The van der Waals surface area contributed by atoms with E-state index in [4.69, 9.17) is 9.47 Å². The molecule has 8 nitrogen and oxygen atoms in total. The number of benzene rings is 1. The summed E-state index contributed by atoms with van der Waals surface area (Å²) in [5.74, 6) is -1.19. The number of anilines is 1. The molecule has 1 aliphatic heterocycles. The summed E-state index contributed by atoms with van der Waals surface area (Å²) in [6.07, 6.45) is 2.66. The second-order valence-electron chi connectivity index (χ2n) is 7.14. The number of ether oxygens (including phenoxy) is 2. The van der Waals surface area contributed by atoms with Gasteiger partial charge in [-0.25, -0.2) is 9.59 Å². The SMILES string of the molecule is C=CCOC(=O)c1ccc(C)c(NC(=O)[C@@H]2C[C@@H](CC(=O)S)CN2C(=O)OCC=C)c1. The highest BCUT2D eigenvalue weighted by molar-refractivity contribution is 7.96. The third kappa shape index (κ3) is 6.71. The average Bonchev–Trinajstić information content (AvgIpc) is 3.15. The number of aryl methyl sites for hydroxylation is 1. The summed E-state index contributed by atoms with van der Waals surface area (Å²) in [6, 6.07) is 3.97. The summed E-state index contributed by atoms with van der Waals surface area (Å²) in [5, 5.41) is 2.46. The normalized spacial score (nSPS) is 17.5. The second-order valence-corrected chi connectivity index (χ2v) is 7.64. The third-order valence-corrected chi connectivity index (χ3v) is 4.96. The molecular weight excluding hydrogens is 420 g/mol. The summed E-state index contributed by atoms with van der Waals surface area (Å²) >= 11 is 3.80. The molecular formula is C22H26N2O6S. The number of carbonyl (C=O) groups is 4. The first-order valence-electron chi connectivity index (χ1n) is 9.72. The van der Waals surface area contributed by atoms with E-state index in [2.05, 4.69) is 31.1 Å². The van der Waals surface area contributed by atoms with Crippen LogP contribution in [0.4, 0.5) is 10.5 Å². The second kappa shape index (κ2) is 11.4. The number of amides is 2. The molecule has 1 aromatic carbocycles. The molecule has 0 aliphatic carbocycles. The van der Waals surface area contributed by atoms with Gasteiger partial charge in [0.15, 0.2) is 5.12 Å². The average molecular weight is 447 g/mol. The molecule has 1 aromatic rings. The molecule has 2 atom stereocenters. The van der Waals surface area contributed by atoms with E-state index in [9.17, 15) is 19.2 Å². The molecule has 1 aliphatic rings. The zero-order chi connectivity index (χ0) is 23.0. The molecule has 0 radical (unpaired) electrons. The van der Waals surface area contributed by atoms with Gasteiger partial charge >= 0.3 is 12.1 Å². The maximum Gasteiger partial charge on any atom is 0.410 e. The van der Waals surface area contributed by atoms with Gasteiger partial charge < -0.3 is 14.8 Å². The Morgan fingerprint density at radius 2 is 1.87 bits per heavy atom.